The van der Waals surface area contributed by atoms with Crippen LogP contribution in [0.5, 0.6) is 0 Å². The molecular weight excluding hydrogens is 400 g/mol. The van der Waals surface area contributed by atoms with Gasteiger partial charge in [0.05, 0.1) is 24.9 Å². The average Bonchev–Trinajstić information content (AvgIpc) is 3.39. The summed E-state index contributed by atoms with van der Waals surface area (Å²) in [5.74, 6) is 0.540. The Hall–Kier alpha value is -2.48. The second-order valence-electron chi connectivity index (χ2n) is 5.88. The lowest BCUT2D eigenvalue weighted by Crippen LogP contribution is -2.18. The first-order valence-electron chi connectivity index (χ1n) is 8.20. The van der Waals surface area contributed by atoms with Crippen molar-refractivity contribution in [2.45, 2.75) is 13.0 Å². The van der Waals surface area contributed by atoms with Crippen molar-refractivity contribution in [2.24, 2.45) is 0 Å². The van der Waals surface area contributed by atoms with E-state index in [4.69, 9.17) is 11.6 Å². The van der Waals surface area contributed by atoms with Crippen LogP contribution < -0.4 is 5.32 Å². The SMILES string of the molecule is O=C(Cc1csc(-c2ccsc2)n1)Nc1ccnn1Cc1ccc(Cl)cc1. The number of anilines is 1. The monoisotopic (exact) mass is 414 g/mol. The molecule has 0 aliphatic heterocycles. The van der Waals surface area contributed by atoms with Gasteiger partial charge in [0.25, 0.3) is 0 Å². The van der Waals surface area contributed by atoms with Gasteiger partial charge < -0.3 is 5.32 Å². The van der Waals surface area contributed by atoms with Gasteiger partial charge in [0.1, 0.15) is 10.8 Å². The first kappa shape index (κ1) is 17.9. The molecule has 0 atom stereocenters. The largest absolute Gasteiger partial charge is 0.311 e. The van der Waals surface area contributed by atoms with E-state index in [9.17, 15) is 4.79 Å². The van der Waals surface area contributed by atoms with E-state index in [1.807, 2.05) is 41.1 Å². The Balaban J connectivity index is 1.40. The van der Waals surface area contributed by atoms with Crippen LogP contribution in [0.25, 0.3) is 10.6 Å². The minimum atomic E-state index is -0.116. The van der Waals surface area contributed by atoms with Crippen LogP contribution in [0.15, 0.2) is 58.7 Å². The number of thiophene rings is 1. The lowest BCUT2D eigenvalue weighted by molar-refractivity contribution is -0.115. The molecule has 8 heteroatoms. The highest BCUT2D eigenvalue weighted by molar-refractivity contribution is 7.14. The van der Waals surface area contributed by atoms with Gasteiger partial charge in [0.2, 0.25) is 5.91 Å². The summed E-state index contributed by atoms with van der Waals surface area (Å²) in [5, 5.41) is 14.8. The third-order valence-corrected chi connectivity index (χ3v) is 5.77. The number of aromatic nitrogens is 3. The van der Waals surface area contributed by atoms with Crippen LogP contribution in [-0.4, -0.2) is 20.7 Å². The molecular formula is C19H15ClN4OS2. The zero-order valence-electron chi connectivity index (χ0n) is 14.1. The summed E-state index contributed by atoms with van der Waals surface area (Å²) in [6.07, 6.45) is 1.90. The fourth-order valence-corrected chi connectivity index (χ4v) is 4.24. The summed E-state index contributed by atoms with van der Waals surface area (Å²) < 4.78 is 1.75. The van der Waals surface area contributed by atoms with Crippen molar-refractivity contribution in [1.29, 1.82) is 0 Å². The standard InChI is InChI=1S/C19H15ClN4OS2/c20-15-3-1-13(2-4-15)10-24-17(5-7-21-24)23-18(25)9-16-12-27-19(22-16)14-6-8-26-11-14/h1-8,11-12H,9-10H2,(H,23,25). The van der Waals surface area contributed by atoms with Crippen molar-refractivity contribution in [1.82, 2.24) is 14.8 Å². The van der Waals surface area contributed by atoms with Gasteiger partial charge in [-0.25, -0.2) is 9.67 Å². The van der Waals surface area contributed by atoms with Crippen molar-refractivity contribution < 1.29 is 4.79 Å². The molecule has 0 saturated heterocycles. The van der Waals surface area contributed by atoms with Crippen molar-refractivity contribution >= 4 is 46.0 Å². The maximum Gasteiger partial charge on any atom is 0.231 e. The van der Waals surface area contributed by atoms with E-state index >= 15 is 0 Å². The predicted octanol–water partition coefficient (Wildman–Crippen LogP) is 4.95. The Morgan fingerprint density at radius 2 is 2.00 bits per heavy atom. The zero-order chi connectivity index (χ0) is 18.6. The predicted molar refractivity (Wildman–Crippen MR) is 111 cm³/mol. The van der Waals surface area contributed by atoms with Crippen molar-refractivity contribution in [3.63, 3.8) is 0 Å². The molecule has 3 heterocycles. The zero-order valence-corrected chi connectivity index (χ0v) is 16.5. The third-order valence-electron chi connectivity index (χ3n) is 3.89. The maximum absolute atomic E-state index is 12.4. The van der Waals surface area contributed by atoms with Gasteiger partial charge in [0, 0.05) is 27.4 Å². The molecule has 0 unspecified atom stereocenters. The summed E-state index contributed by atoms with van der Waals surface area (Å²) in [5.41, 5.74) is 2.92. The van der Waals surface area contributed by atoms with E-state index in [2.05, 4.69) is 20.8 Å². The quantitative estimate of drug-likeness (QED) is 0.485. The average molecular weight is 415 g/mol. The molecule has 0 aliphatic rings. The third kappa shape index (κ3) is 4.44. The lowest BCUT2D eigenvalue weighted by Gasteiger charge is -2.09. The molecule has 0 aliphatic carbocycles. The molecule has 136 valence electrons. The number of rotatable bonds is 6. The molecule has 0 bridgehead atoms. The Kier molecular flexibility index (Phi) is 5.33. The van der Waals surface area contributed by atoms with Crippen LogP contribution in [0.1, 0.15) is 11.3 Å². The molecule has 5 nitrogen and oxygen atoms in total. The number of hydrogen-bond donors (Lipinski definition) is 1. The normalized spacial score (nSPS) is 10.9. The minimum absolute atomic E-state index is 0.116. The number of nitrogens with one attached hydrogen (secondary N) is 1. The van der Waals surface area contributed by atoms with Gasteiger partial charge in [-0.15, -0.1) is 11.3 Å². The molecule has 0 spiro atoms. The van der Waals surface area contributed by atoms with Crippen molar-refractivity contribution in [3.05, 3.63) is 75.0 Å². The highest BCUT2D eigenvalue weighted by Crippen LogP contribution is 2.26. The Bertz CT molecular complexity index is 1040. The van der Waals surface area contributed by atoms with Gasteiger partial charge in [-0.2, -0.15) is 16.4 Å². The number of carbonyl (C=O) groups excluding carboxylic acids is 1. The highest BCUT2D eigenvalue weighted by Gasteiger charge is 2.12. The van der Waals surface area contributed by atoms with Crippen LogP contribution >= 0.6 is 34.3 Å². The first-order chi connectivity index (χ1) is 13.2. The van der Waals surface area contributed by atoms with Crippen LogP contribution in [0.2, 0.25) is 5.02 Å². The number of nitrogens with zero attached hydrogens (tertiary/aromatic N) is 3. The Labute approximate surface area is 169 Å². The van der Waals surface area contributed by atoms with E-state index in [0.29, 0.717) is 17.4 Å². The molecule has 0 saturated carbocycles. The molecule has 27 heavy (non-hydrogen) atoms. The number of amides is 1. The molecule has 1 N–H and O–H groups in total. The van der Waals surface area contributed by atoms with Gasteiger partial charge in [-0.3, -0.25) is 4.79 Å². The second-order valence-corrected chi connectivity index (χ2v) is 7.96. The fraction of sp³-hybridized carbons (Fsp3) is 0.105. The van der Waals surface area contributed by atoms with Crippen LogP contribution in [-0.2, 0) is 17.8 Å². The second kappa shape index (κ2) is 8.04. The minimum Gasteiger partial charge on any atom is -0.311 e. The summed E-state index contributed by atoms with van der Waals surface area (Å²) in [6.45, 7) is 0.554. The van der Waals surface area contributed by atoms with Gasteiger partial charge in [-0.1, -0.05) is 23.7 Å². The topological polar surface area (TPSA) is 59.8 Å². The van der Waals surface area contributed by atoms with Gasteiger partial charge >= 0.3 is 0 Å². The van der Waals surface area contributed by atoms with E-state index in [1.54, 1.807) is 39.6 Å². The summed E-state index contributed by atoms with van der Waals surface area (Å²) >= 11 is 9.11. The molecule has 3 aromatic heterocycles. The summed E-state index contributed by atoms with van der Waals surface area (Å²) in [4.78, 5) is 17.0. The number of carbonyl (C=O) groups is 1. The van der Waals surface area contributed by atoms with E-state index in [0.717, 1.165) is 21.8 Å². The summed E-state index contributed by atoms with van der Waals surface area (Å²) in [6, 6.07) is 11.4. The lowest BCUT2D eigenvalue weighted by atomic mass is 10.2. The first-order valence-corrected chi connectivity index (χ1v) is 10.4. The molecule has 4 rings (SSSR count). The van der Waals surface area contributed by atoms with Crippen LogP contribution in [0, 0.1) is 0 Å². The molecule has 1 aromatic carbocycles. The maximum atomic E-state index is 12.4. The van der Waals surface area contributed by atoms with Gasteiger partial charge in [0.15, 0.2) is 0 Å². The van der Waals surface area contributed by atoms with Crippen molar-refractivity contribution in [2.75, 3.05) is 5.32 Å². The molecule has 0 fully saturated rings. The van der Waals surface area contributed by atoms with E-state index in [1.165, 1.54) is 0 Å². The Morgan fingerprint density at radius 1 is 1.15 bits per heavy atom. The number of hydrogen-bond acceptors (Lipinski definition) is 5. The smallest absolute Gasteiger partial charge is 0.231 e. The van der Waals surface area contributed by atoms with E-state index in [-0.39, 0.29) is 12.3 Å². The molecule has 0 radical (unpaired) electrons. The van der Waals surface area contributed by atoms with Crippen LogP contribution in [0.4, 0.5) is 5.82 Å². The van der Waals surface area contributed by atoms with E-state index < -0.39 is 0 Å². The highest BCUT2D eigenvalue weighted by atomic mass is 35.5. The van der Waals surface area contributed by atoms with Gasteiger partial charge in [-0.05, 0) is 29.1 Å². The number of halogens is 1. The number of thiazole rings is 1. The fourth-order valence-electron chi connectivity index (χ4n) is 2.59. The van der Waals surface area contributed by atoms with Crippen molar-refractivity contribution in [3.8, 4) is 10.6 Å². The Morgan fingerprint density at radius 3 is 2.78 bits per heavy atom. The van der Waals surface area contributed by atoms with Crippen LogP contribution in [0.3, 0.4) is 0 Å². The molecule has 4 aromatic rings. The number of benzene rings is 1. The summed E-state index contributed by atoms with van der Waals surface area (Å²) in [7, 11) is 0. The molecule has 1 amide bonds.